The maximum Gasteiger partial charge on any atom is 0.124 e. The van der Waals surface area contributed by atoms with E-state index in [1.165, 1.54) is 44.1 Å². The van der Waals surface area contributed by atoms with E-state index in [4.69, 9.17) is 0 Å². The smallest absolute Gasteiger partial charge is 0.124 e. The van der Waals surface area contributed by atoms with Crippen molar-refractivity contribution >= 4 is 17.6 Å². The van der Waals surface area contributed by atoms with E-state index in [-0.39, 0.29) is 0 Å². The van der Waals surface area contributed by atoms with E-state index in [1.807, 2.05) is 38.5 Å². The lowest BCUT2D eigenvalue weighted by molar-refractivity contribution is -0.00520. The second-order valence-electron chi connectivity index (χ2n) is 9.64. The van der Waals surface area contributed by atoms with Gasteiger partial charge in [-0.25, -0.2) is 0 Å². The molecule has 4 saturated carbocycles. The van der Waals surface area contributed by atoms with E-state index < -0.39 is 0 Å². The Bertz CT molecular complexity index is 862. The molecule has 0 radical (unpaired) electrons. The number of anilines is 1. The van der Waals surface area contributed by atoms with Crippen LogP contribution in [-0.4, -0.2) is 25.4 Å². The van der Waals surface area contributed by atoms with Crippen LogP contribution < -0.4 is 4.90 Å². The topological polar surface area (TPSA) is 35.8 Å². The third-order valence-electron chi connectivity index (χ3n) is 7.40. The van der Waals surface area contributed by atoms with Crippen molar-refractivity contribution in [1.29, 1.82) is 0 Å². The summed E-state index contributed by atoms with van der Waals surface area (Å²) >= 11 is 0. The van der Waals surface area contributed by atoms with E-state index in [1.54, 1.807) is 0 Å². The number of phenols is 1. The van der Waals surface area contributed by atoms with Gasteiger partial charge >= 0.3 is 0 Å². The Morgan fingerprint density at radius 2 is 1.54 bits per heavy atom. The van der Waals surface area contributed by atoms with Gasteiger partial charge in [-0.15, -0.1) is 0 Å². The Kier molecular flexibility index (Phi) is 4.22. The molecular weight excluding hydrogens is 344 g/mol. The van der Waals surface area contributed by atoms with E-state index in [0.717, 1.165) is 34.7 Å². The lowest BCUT2D eigenvalue weighted by Gasteiger charge is -2.57. The van der Waals surface area contributed by atoms with Gasteiger partial charge in [0.05, 0.1) is 5.69 Å². The Morgan fingerprint density at radius 1 is 0.929 bits per heavy atom. The number of nitrogens with zero attached hydrogens (tertiary/aromatic N) is 2. The third kappa shape index (κ3) is 3.11. The lowest BCUT2D eigenvalue weighted by atomic mass is 9.48. The average Bonchev–Trinajstić information content (AvgIpc) is 2.66. The molecule has 4 bridgehead atoms. The molecule has 2 aromatic carbocycles. The zero-order chi connectivity index (χ0) is 19.3. The summed E-state index contributed by atoms with van der Waals surface area (Å²) in [6.07, 6.45) is 10.2. The van der Waals surface area contributed by atoms with Crippen LogP contribution in [0.25, 0.3) is 0 Å². The summed E-state index contributed by atoms with van der Waals surface area (Å²) in [5.74, 6) is 3.09. The summed E-state index contributed by atoms with van der Waals surface area (Å²) in [6, 6.07) is 14.4. The fourth-order valence-corrected chi connectivity index (χ4v) is 6.43. The van der Waals surface area contributed by atoms with Crippen LogP contribution >= 0.6 is 0 Å². The molecule has 0 heterocycles. The molecule has 6 rings (SSSR count). The molecule has 0 saturated heterocycles. The van der Waals surface area contributed by atoms with Crippen LogP contribution in [-0.2, 0) is 5.41 Å². The fourth-order valence-electron chi connectivity index (χ4n) is 6.43. The van der Waals surface area contributed by atoms with Crippen LogP contribution in [0.15, 0.2) is 47.5 Å². The highest BCUT2D eigenvalue weighted by Gasteiger charge is 2.51. The van der Waals surface area contributed by atoms with Crippen molar-refractivity contribution in [2.24, 2.45) is 22.7 Å². The number of hydrogen-bond acceptors (Lipinski definition) is 3. The molecule has 0 unspecified atom stereocenters. The molecule has 4 aliphatic carbocycles. The zero-order valence-corrected chi connectivity index (χ0v) is 16.9. The van der Waals surface area contributed by atoms with Gasteiger partial charge in [0.15, 0.2) is 0 Å². The van der Waals surface area contributed by atoms with Crippen molar-refractivity contribution in [3.05, 3.63) is 53.6 Å². The Labute approximate surface area is 168 Å². The van der Waals surface area contributed by atoms with E-state index in [9.17, 15) is 5.11 Å². The minimum atomic E-state index is 0.321. The second-order valence-corrected chi connectivity index (χ2v) is 9.64. The molecular formula is C25H30N2O. The molecule has 146 valence electrons. The van der Waals surface area contributed by atoms with Gasteiger partial charge in [0.1, 0.15) is 5.75 Å². The maximum absolute atomic E-state index is 10.4. The van der Waals surface area contributed by atoms with Gasteiger partial charge in [-0.1, -0.05) is 6.07 Å². The van der Waals surface area contributed by atoms with Gasteiger partial charge < -0.3 is 10.0 Å². The van der Waals surface area contributed by atoms with Crippen molar-refractivity contribution in [3.63, 3.8) is 0 Å². The van der Waals surface area contributed by atoms with Crippen LogP contribution in [0.1, 0.15) is 49.7 Å². The fraction of sp³-hybridized carbons (Fsp3) is 0.480. The van der Waals surface area contributed by atoms with Gasteiger partial charge in [-0.3, -0.25) is 4.99 Å². The third-order valence-corrected chi connectivity index (χ3v) is 7.40. The largest absolute Gasteiger partial charge is 0.507 e. The van der Waals surface area contributed by atoms with Crippen molar-refractivity contribution in [3.8, 4) is 5.75 Å². The SMILES string of the molecule is CN(C)c1ccc(N=Cc2cc(C34CC5CC(CC(C5)C3)C4)ccc2O)cc1. The first-order valence-corrected chi connectivity index (χ1v) is 10.7. The average molecular weight is 375 g/mol. The number of aromatic hydroxyl groups is 1. The molecule has 0 aromatic heterocycles. The van der Waals surface area contributed by atoms with Crippen LogP contribution in [0.2, 0.25) is 0 Å². The van der Waals surface area contributed by atoms with Gasteiger partial charge in [-0.05, 0) is 104 Å². The van der Waals surface area contributed by atoms with E-state index in [2.05, 4.69) is 34.2 Å². The number of benzene rings is 2. The summed E-state index contributed by atoms with van der Waals surface area (Å²) < 4.78 is 0. The Hall–Kier alpha value is -2.29. The molecule has 4 aliphatic rings. The van der Waals surface area contributed by atoms with Gasteiger partial charge in [0, 0.05) is 31.6 Å². The van der Waals surface area contributed by atoms with Crippen molar-refractivity contribution in [1.82, 2.24) is 0 Å². The van der Waals surface area contributed by atoms with Crippen molar-refractivity contribution < 1.29 is 5.11 Å². The highest BCUT2D eigenvalue weighted by atomic mass is 16.3. The first-order chi connectivity index (χ1) is 13.5. The summed E-state index contributed by atoms with van der Waals surface area (Å²) in [5, 5.41) is 10.4. The highest BCUT2D eigenvalue weighted by molar-refractivity contribution is 5.85. The van der Waals surface area contributed by atoms with Crippen LogP contribution in [0.4, 0.5) is 11.4 Å². The number of hydrogen-bond donors (Lipinski definition) is 1. The molecule has 4 fully saturated rings. The molecule has 0 spiro atoms. The number of aliphatic imine (C=N–C) groups is 1. The summed E-state index contributed by atoms with van der Waals surface area (Å²) in [6.45, 7) is 0. The summed E-state index contributed by atoms with van der Waals surface area (Å²) in [5.41, 5.74) is 4.67. The highest BCUT2D eigenvalue weighted by Crippen LogP contribution is 2.60. The Morgan fingerprint density at radius 3 is 2.11 bits per heavy atom. The molecule has 0 amide bonds. The predicted octanol–water partition coefficient (Wildman–Crippen LogP) is 5.68. The van der Waals surface area contributed by atoms with Gasteiger partial charge in [-0.2, -0.15) is 0 Å². The van der Waals surface area contributed by atoms with Gasteiger partial charge in [0.2, 0.25) is 0 Å². The predicted molar refractivity (Wildman–Crippen MR) is 116 cm³/mol. The van der Waals surface area contributed by atoms with E-state index in [0.29, 0.717) is 11.2 Å². The molecule has 0 atom stereocenters. The maximum atomic E-state index is 10.4. The first kappa shape index (κ1) is 17.8. The number of rotatable bonds is 4. The van der Waals surface area contributed by atoms with Crippen molar-refractivity contribution in [2.45, 2.75) is 43.9 Å². The minimum Gasteiger partial charge on any atom is -0.507 e. The summed E-state index contributed by atoms with van der Waals surface area (Å²) in [4.78, 5) is 6.70. The van der Waals surface area contributed by atoms with Crippen molar-refractivity contribution in [2.75, 3.05) is 19.0 Å². The monoisotopic (exact) mass is 374 g/mol. The number of phenolic OH excluding ortho intramolecular Hbond substituents is 1. The Balaban J connectivity index is 1.42. The van der Waals surface area contributed by atoms with E-state index >= 15 is 0 Å². The van der Waals surface area contributed by atoms with Gasteiger partial charge in [0.25, 0.3) is 0 Å². The molecule has 3 nitrogen and oxygen atoms in total. The zero-order valence-electron chi connectivity index (χ0n) is 16.9. The molecule has 28 heavy (non-hydrogen) atoms. The lowest BCUT2D eigenvalue weighted by Crippen LogP contribution is -2.48. The standard InChI is InChI=1S/C25H30N2O/c1-27(2)23-6-4-22(5-7-23)26-16-20-12-21(3-8-24(20)28)25-13-17-9-18(14-25)11-19(10-17)15-25/h3-8,12,16-19,28H,9-11,13-15H2,1-2H3. The molecule has 1 N–H and O–H groups in total. The first-order valence-electron chi connectivity index (χ1n) is 10.7. The van der Waals surface area contributed by atoms with Crippen LogP contribution in [0.3, 0.4) is 0 Å². The summed E-state index contributed by atoms with van der Waals surface area (Å²) in [7, 11) is 4.07. The molecule has 2 aromatic rings. The van der Waals surface area contributed by atoms with Crippen LogP contribution in [0.5, 0.6) is 5.75 Å². The van der Waals surface area contributed by atoms with Crippen LogP contribution in [0, 0.1) is 17.8 Å². The second kappa shape index (κ2) is 6.65. The quantitative estimate of drug-likeness (QED) is 0.699. The molecule has 0 aliphatic heterocycles. The normalized spacial score (nSPS) is 30.9. The molecule has 3 heteroatoms. The minimum absolute atomic E-state index is 0.321.